The standard InChI is InChI=1S/C18H25NO5/c1-3-5-8-24-15-7-6-13(9-16(15)23-4-2)11-19-12-14(18(21)22)10-17(19)20/h6-7,9,14H,3-5,8,10-12H2,1-2H3,(H,21,22)/p-1/t14-/m1/s1. The van der Waals surface area contributed by atoms with Crippen LogP contribution in [0.1, 0.15) is 38.7 Å². The van der Waals surface area contributed by atoms with E-state index < -0.39 is 11.9 Å². The minimum atomic E-state index is -1.17. The van der Waals surface area contributed by atoms with E-state index in [0.29, 0.717) is 31.3 Å². The van der Waals surface area contributed by atoms with Gasteiger partial charge in [-0.2, -0.15) is 0 Å². The van der Waals surface area contributed by atoms with Crippen LogP contribution in [0.4, 0.5) is 0 Å². The third-order valence-corrected chi connectivity index (χ3v) is 3.98. The Kier molecular flexibility index (Phi) is 6.46. The molecule has 1 fully saturated rings. The Bertz CT molecular complexity index is 587. The van der Waals surface area contributed by atoms with Crippen molar-refractivity contribution in [1.29, 1.82) is 0 Å². The smallest absolute Gasteiger partial charge is 0.223 e. The lowest BCUT2D eigenvalue weighted by atomic mass is 10.1. The second kappa shape index (κ2) is 8.57. The Balaban J connectivity index is 2.06. The Morgan fingerprint density at radius 2 is 2.08 bits per heavy atom. The maximum absolute atomic E-state index is 11.9. The molecule has 0 aromatic heterocycles. The Morgan fingerprint density at radius 1 is 1.29 bits per heavy atom. The molecule has 0 radical (unpaired) electrons. The maximum Gasteiger partial charge on any atom is 0.223 e. The fraction of sp³-hybridized carbons (Fsp3) is 0.556. The predicted molar refractivity (Wildman–Crippen MR) is 86.5 cm³/mol. The van der Waals surface area contributed by atoms with Crippen molar-refractivity contribution in [2.75, 3.05) is 19.8 Å². The predicted octanol–water partition coefficient (Wildman–Crippen LogP) is 1.36. The van der Waals surface area contributed by atoms with Crippen LogP contribution in [0, 0.1) is 5.92 Å². The summed E-state index contributed by atoms with van der Waals surface area (Å²) < 4.78 is 11.4. The van der Waals surface area contributed by atoms with Crippen molar-refractivity contribution < 1.29 is 24.2 Å². The normalized spacial score (nSPS) is 17.2. The Labute approximate surface area is 142 Å². The minimum Gasteiger partial charge on any atom is -0.550 e. The number of carbonyl (C=O) groups excluding carboxylic acids is 2. The number of aliphatic carboxylic acids is 1. The molecule has 6 nitrogen and oxygen atoms in total. The lowest BCUT2D eigenvalue weighted by molar-refractivity contribution is -0.311. The molecule has 1 aliphatic heterocycles. The third-order valence-electron chi connectivity index (χ3n) is 3.98. The molecule has 0 saturated carbocycles. The van der Waals surface area contributed by atoms with Crippen molar-refractivity contribution in [3.05, 3.63) is 23.8 Å². The van der Waals surface area contributed by atoms with E-state index in [0.717, 1.165) is 18.4 Å². The van der Waals surface area contributed by atoms with E-state index in [4.69, 9.17) is 9.47 Å². The van der Waals surface area contributed by atoms with Crippen molar-refractivity contribution in [2.45, 2.75) is 39.7 Å². The molecule has 1 saturated heterocycles. The second-order valence-electron chi connectivity index (χ2n) is 5.91. The maximum atomic E-state index is 11.9. The number of carboxylic acids is 1. The quantitative estimate of drug-likeness (QED) is 0.637. The first-order valence-electron chi connectivity index (χ1n) is 8.42. The molecule has 1 heterocycles. The van der Waals surface area contributed by atoms with E-state index in [2.05, 4.69) is 6.92 Å². The van der Waals surface area contributed by atoms with Crippen molar-refractivity contribution in [1.82, 2.24) is 4.90 Å². The van der Waals surface area contributed by atoms with E-state index in [9.17, 15) is 14.7 Å². The summed E-state index contributed by atoms with van der Waals surface area (Å²) in [5.74, 6) is -0.713. The highest BCUT2D eigenvalue weighted by molar-refractivity contribution is 5.85. The van der Waals surface area contributed by atoms with Crippen molar-refractivity contribution >= 4 is 11.9 Å². The number of rotatable bonds is 9. The zero-order valence-electron chi connectivity index (χ0n) is 14.2. The SMILES string of the molecule is CCCCOc1ccc(CN2C[C@H](C(=O)[O-])CC2=O)cc1OCC. The number of amides is 1. The van der Waals surface area contributed by atoms with Gasteiger partial charge in [0.05, 0.1) is 13.2 Å². The van der Waals surface area contributed by atoms with E-state index in [-0.39, 0.29) is 18.9 Å². The molecular weight excluding hydrogens is 310 g/mol. The van der Waals surface area contributed by atoms with Crippen molar-refractivity contribution in [3.8, 4) is 11.5 Å². The molecule has 0 unspecified atom stereocenters. The number of unbranched alkanes of at least 4 members (excludes halogenated alkanes) is 1. The molecule has 1 atom stereocenters. The topological polar surface area (TPSA) is 78.9 Å². The molecule has 1 aromatic rings. The number of likely N-dealkylation sites (tertiary alicyclic amines) is 1. The summed E-state index contributed by atoms with van der Waals surface area (Å²) in [4.78, 5) is 24.4. The molecule has 2 rings (SSSR count). The summed E-state index contributed by atoms with van der Waals surface area (Å²) in [5.41, 5.74) is 0.883. The van der Waals surface area contributed by atoms with E-state index in [1.54, 1.807) is 4.90 Å². The summed E-state index contributed by atoms with van der Waals surface area (Å²) in [6, 6.07) is 5.57. The molecular formula is C18H24NO5-. The summed E-state index contributed by atoms with van der Waals surface area (Å²) in [7, 11) is 0. The molecule has 132 valence electrons. The van der Waals surface area contributed by atoms with Gasteiger partial charge < -0.3 is 24.3 Å². The van der Waals surface area contributed by atoms with Crippen LogP contribution in [0.5, 0.6) is 11.5 Å². The van der Waals surface area contributed by atoms with Crippen LogP contribution in [0.3, 0.4) is 0 Å². The van der Waals surface area contributed by atoms with Crippen LogP contribution in [0.2, 0.25) is 0 Å². The van der Waals surface area contributed by atoms with Gasteiger partial charge in [0.1, 0.15) is 0 Å². The van der Waals surface area contributed by atoms with Crippen LogP contribution >= 0.6 is 0 Å². The number of carboxylic acid groups (broad SMARTS) is 1. The fourth-order valence-corrected chi connectivity index (χ4v) is 2.67. The lowest BCUT2D eigenvalue weighted by Crippen LogP contribution is -2.33. The van der Waals surface area contributed by atoms with Gasteiger partial charge in [-0.15, -0.1) is 0 Å². The monoisotopic (exact) mass is 334 g/mol. The molecule has 0 aliphatic carbocycles. The molecule has 1 amide bonds. The Morgan fingerprint density at radius 3 is 2.71 bits per heavy atom. The van der Waals surface area contributed by atoms with Crippen LogP contribution in [0.25, 0.3) is 0 Å². The van der Waals surface area contributed by atoms with E-state index in [1.165, 1.54) is 0 Å². The second-order valence-corrected chi connectivity index (χ2v) is 5.91. The van der Waals surface area contributed by atoms with E-state index >= 15 is 0 Å². The number of carbonyl (C=O) groups is 2. The first-order chi connectivity index (χ1) is 11.5. The zero-order chi connectivity index (χ0) is 17.5. The molecule has 1 aromatic carbocycles. The van der Waals surface area contributed by atoms with Crippen molar-refractivity contribution in [3.63, 3.8) is 0 Å². The van der Waals surface area contributed by atoms with Gasteiger partial charge in [-0.25, -0.2) is 0 Å². The van der Waals surface area contributed by atoms with Crippen LogP contribution < -0.4 is 14.6 Å². The molecule has 24 heavy (non-hydrogen) atoms. The van der Waals surface area contributed by atoms with Gasteiger partial charge in [-0.1, -0.05) is 19.4 Å². The average molecular weight is 334 g/mol. The highest BCUT2D eigenvalue weighted by atomic mass is 16.5. The van der Waals surface area contributed by atoms with Gasteiger partial charge in [0.15, 0.2) is 11.5 Å². The molecule has 1 aliphatic rings. The number of benzene rings is 1. The highest BCUT2D eigenvalue weighted by Crippen LogP contribution is 2.30. The summed E-state index contributed by atoms with van der Waals surface area (Å²) in [6.07, 6.45) is 2.04. The molecule has 6 heteroatoms. The first kappa shape index (κ1) is 18.1. The number of hydrogen-bond acceptors (Lipinski definition) is 5. The molecule has 0 spiro atoms. The van der Waals surface area contributed by atoms with Gasteiger partial charge in [-0.05, 0) is 31.0 Å². The van der Waals surface area contributed by atoms with E-state index in [1.807, 2.05) is 25.1 Å². The number of ether oxygens (including phenoxy) is 2. The largest absolute Gasteiger partial charge is 0.550 e. The molecule has 0 N–H and O–H groups in total. The lowest BCUT2D eigenvalue weighted by Gasteiger charge is -2.19. The first-order valence-corrected chi connectivity index (χ1v) is 8.42. The summed E-state index contributed by atoms with van der Waals surface area (Å²) in [5, 5.41) is 10.9. The van der Waals surface area contributed by atoms with Crippen LogP contribution in [-0.2, 0) is 16.1 Å². The van der Waals surface area contributed by atoms with Crippen LogP contribution in [0.15, 0.2) is 18.2 Å². The van der Waals surface area contributed by atoms with Gasteiger partial charge in [0, 0.05) is 31.4 Å². The highest BCUT2D eigenvalue weighted by Gasteiger charge is 2.30. The van der Waals surface area contributed by atoms with Crippen LogP contribution in [-0.4, -0.2) is 36.5 Å². The van der Waals surface area contributed by atoms with Gasteiger partial charge in [-0.3, -0.25) is 4.79 Å². The minimum absolute atomic E-state index is 0.0128. The summed E-state index contributed by atoms with van der Waals surface area (Å²) in [6.45, 7) is 5.70. The average Bonchev–Trinajstić information content (AvgIpc) is 2.91. The Hall–Kier alpha value is -2.24. The third kappa shape index (κ3) is 4.63. The number of nitrogens with zero attached hydrogens (tertiary/aromatic N) is 1. The van der Waals surface area contributed by atoms with Gasteiger partial charge >= 0.3 is 0 Å². The van der Waals surface area contributed by atoms with Crippen molar-refractivity contribution in [2.24, 2.45) is 5.92 Å². The summed E-state index contributed by atoms with van der Waals surface area (Å²) >= 11 is 0. The molecule has 0 bridgehead atoms. The number of hydrogen-bond donors (Lipinski definition) is 0. The fourth-order valence-electron chi connectivity index (χ4n) is 2.67. The van der Waals surface area contributed by atoms with Gasteiger partial charge in [0.2, 0.25) is 5.91 Å². The van der Waals surface area contributed by atoms with Gasteiger partial charge in [0.25, 0.3) is 0 Å². The zero-order valence-corrected chi connectivity index (χ0v) is 14.2.